The molecule has 1 aromatic carbocycles. The van der Waals surface area contributed by atoms with Crippen molar-refractivity contribution in [2.75, 3.05) is 13.8 Å². The van der Waals surface area contributed by atoms with Gasteiger partial charge in [0.25, 0.3) is 5.91 Å². The highest BCUT2D eigenvalue weighted by molar-refractivity contribution is 5.92. The van der Waals surface area contributed by atoms with E-state index in [0.717, 1.165) is 5.69 Å². The summed E-state index contributed by atoms with van der Waals surface area (Å²) in [6.45, 7) is 2.35. The SMILES string of the molecule is C[C@@H](c1ccncn1)N(C)C(=O)c1cc(COc2ccc3c(c2)OCO3)[nH]n1. The summed E-state index contributed by atoms with van der Waals surface area (Å²) in [5.41, 5.74) is 1.75. The first-order valence-corrected chi connectivity index (χ1v) is 8.71. The molecule has 0 saturated carbocycles. The van der Waals surface area contributed by atoms with E-state index in [4.69, 9.17) is 14.2 Å². The number of nitrogens with zero attached hydrogens (tertiary/aromatic N) is 4. The van der Waals surface area contributed by atoms with E-state index >= 15 is 0 Å². The summed E-state index contributed by atoms with van der Waals surface area (Å²) in [6.07, 6.45) is 3.11. The van der Waals surface area contributed by atoms with Crippen molar-refractivity contribution >= 4 is 5.91 Å². The Labute approximate surface area is 161 Å². The molecule has 9 nitrogen and oxygen atoms in total. The zero-order valence-electron chi connectivity index (χ0n) is 15.5. The molecule has 0 bridgehead atoms. The number of carbonyl (C=O) groups excluding carboxylic acids is 1. The highest BCUT2D eigenvalue weighted by Crippen LogP contribution is 2.35. The van der Waals surface area contributed by atoms with Gasteiger partial charge in [-0.15, -0.1) is 0 Å². The maximum absolute atomic E-state index is 12.7. The van der Waals surface area contributed by atoms with Crippen LogP contribution in [0.3, 0.4) is 0 Å². The van der Waals surface area contributed by atoms with Crippen molar-refractivity contribution in [3.05, 3.63) is 59.9 Å². The summed E-state index contributed by atoms with van der Waals surface area (Å²) in [4.78, 5) is 22.4. The molecule has 28 heavy (non-hydrogen) atoms. The molecule has 1 N–H and O–H groups in total. The highest BCUT2D eigenvalue weighted by atomic mass is 16.7. The molecule has 0 radical (unpaired) electrons. The van der Waals surface area contributed by atoms with Crippen LogP contribution in [0, 0.1) is 0 Å². The number of H-pyrrole nitrogens is 1. The number of aromatic nitrogens is 4. The molecule has 144 valence electrons. The lowest BCUT2D eigenvalue weighted by atomic mass is 10.2. The van der Waals surface area contributed by atoms with Crippen molar-refractivity contribution in [1.82, 2.24) is 25.1 Å². The van der Waals surface area contributed by atoms with Gasteiger partial charge in [0, 0.05) is 19.3 Å². The summed E-state index contributed by atoms with van der Waals surface area (Å²) >= 11 is 0. The Morgan fingerprint density at radius 1 is 1.29 bits per heavy atom. The summed E-state index contributed by atoms with van der Waals surface area (Å²) in [7, 11) is 1.71. The third-order valence-corrected chi connectivity index (χ3v) is 4.52. The Kier molecular flexibility index (Phi) is 4.79. The maximum atomic E-state index is 12.7. The van der Waals surface area contributed by atoms with Crippen molar-refractivity contribution < 1.29 is 19.0 Å². The predicted octanol–water partition coefficient (Wildman–Crippen LogP) is 2.34. The molecule has 0 saturated heterocycles. The van der Waals surface area contributed by atoms with Crippen LogP contribution < -0.4 is 14.2 Å². The molecule has 2 aromatic heterocycles. The molecule has 0 spiro atoms. The molecular formula is C19H19N5O4. The first kappa shape index (κ1) is 17.8. The fourth-order valence-corrected chi connectivity index (χ4v) is 2.78. The zero-order chi connectivity index (χ0) is 19.5. The fraction of sp³-hybridized carbons (Fsp3) is 0.263. The first-order chi connectivity index (χ1) is 13.6. The number of nitrogens with one attached hydrogen (secondary N) is 1. The minimum Gasteiger partial charge on any atom is -0.487 e. The summed E-state index contributed by atoms with van der Waals surface area (Å²) in [5.74, 6) is 1.78. The third kappa shape index (κ3) is 3.59. The van der Waals surface area contributed by atoms with E-state index in [2.05, 4.69) is 20.2 Å². The van der Waals surface area contributed by atoms with E-state index < -0.39 is 0 Å². The number of hydrogen-bond acceptors (Lipinski definition) is 7. The molecule has 1 amide bonds. The second-order valence-corrected chi connectivity index (χ2v) is 6.31. The van der Waals surface area contributed by atoms with Gasteiger partial charge in [0.05, 0.1) is 17.4 Å². The van der Waals surface area contributed by atoms with Gasteiger partial charge >= 0.3 is 0 Å². The first-order valence-electron chi connectivity index (χ1n) is 8.71. The van der Waals surface area contributed by atoms with E-state index in [1.165, 1.54) is 6.33 Å². The van der Waals surface area contributed by atoms with Crippen molar-refractivity contribution in [1.29, 1.82) is 0 Å². The van der Waals surface area contributed by atoms with Crippen LogP contribution in [0.2, 0.25) is 0 Å². The van der Waals surface area contributed by atoms with Crippen LogP contribution >= 0.6 is 0 Å². The standard InChI is InChI=1S/C19H19N5O4/c1-12(15-5-6-20-10-21-15)24(2)19(25)16-7-13(22-23-16)9-26-14-3-4-17-18(8-14)28-11-27-17/h3-8,10,12H,9,11H2,1-2H3,(H,22,23)/t12-/m0/s1. The van der Waals surface area contributed by atoms with Crippen molar-refractivity contribution in [2.24, 2.45) is 0 Å². The predicted molar refractivity (Wildman–Crippen MR) is 98.0 cm³/mol. The van der Waals surface area contributed by atoms with Crippen LogP contribution in [0.15, 0.2) is 42.9 Å². The van der Waals surface area contributed by atoms with Gasteiger partial charge in [0.15, 0.2) is 17.2 Å². The van der Waals surface area contributed by atoms with Gasteiger partial charge in [-0.1, -0.05) is 0 Å². The number of fused-ring (bicyclic) bond motifs is 1. The highest BCUT2D eigenvalue weighted by Gasteiger charge is 2.22. The van der Waals surface area contributed by atoms with Gasteiger partial charge in [-0.2, -0.15) is 5.10 Å². The summed E-state index contributed by atoms with van der Waals surface area (Å²) < 4.78 is 16.3. The number of carbonyl (C=O) groups is 1. The Bertz CT molecular complexity index is 975. The molecule has 9 heteroatoms. The molecule has 0 unspecified atom stereocenters. The van der Waals surface area contributed by atoms with Gasteiger partial charge in [0.1, 0.15) is 18.7 Å². The zero-order valence-corrected chi connectivity index (χ0v) is 15.5. The van der Waals surface area contributed by atoms with Crippen LogP contribution in [0.25, 0.3) is 0 Å². The van der Waals surface area contributed by atoms with Crippen LogP contribution in [-0.2, 0) is 6.61 Å². The number of hydrogen-bond donors (Lipinski definition) is 1. The molecule has 3 heterocycles. The molecule has 4 rings (SSSR count). The van der Waals surface area contributed by atoms with Crippen LogP contribution in [0.4, 0.5) is 0 Å². The average molecular weight is 381 g/mol. The van der Waals surface area contributed by atoms with Crippen LogP contribution in [0.5, 0.6) is 17.2 Å². The van der Waals surface area contributed by atoms with E-state index in [0.29, 0.717) is 28.6 Å². The minimum atomic E-state index is -0.211. The van der Waals surface area contributed by atoms with Crippen LogP contribution in [-0.4, -0.2) is 44.8 Å². The third-order valence-electron chi connectivity index (χ3n) is 4.52. The number of benzene rings is 1. The van der Waals surface area contributed by atoms with Crippen molar-refractivity contribution in [3.63, 3.8) is 0 Å². The second-order valence-electron chi connectivity index (χ2n) is 6.31. The minimum absolute atomic E-state index is 0.208. The average Bonchev–Trinajstić information content (AvgIpc) is 3.40. The molecule has 1 aliphatic heterocycles. The Hall–Kier alpha value is -3.62. The maximum Gasteiger partial charge on any atom is 0.274 e. The van der Waals surface area contributed by atoms with E-state index in [1.54, 1.807) is 48.5 Å². The molecule has 3 aromatic rings. The van der Waals surface area contributed by atoms with E-state index in [9.17, 15) is 4.79 Å². The lowest BCUT2D eigenvalue weighted by Gasteiger charge is -2.23. The van der Waals surface area contributed by atoms with Crippen molar-refractivity contribution in [2.45, 2.75) is 19.6 Å². The number of ether oxygens (including phenoxy) is 3. The Morgan fingerprint density at radius 2 is 2.14 bits per heavy atom. The fourth-order valence-electron chi connectivity index (χ4n) is 2.78. The summed E-state index contributed by atoms with van der Waals surface area (Å²) in [6, 6.07) is 8.61. The molecule has 1 atom stereocenters. The second kappa shape index (κ2) is 7.55. The molecule has 0 fully saturated rings. The van der Waals surface area contributed by atoms with Crippen molar-refractivity contribution in [3.8, 4) is 17.2 Å². The van der Waals surface area contributed by atoms with Gasteiger partial charge in [-0.25, -0.2) is 9.97 Å². The molecule has 1 aliphatic rings. The smallest absolute Gasteiger partial charge is 0.274 e. The topological polar surface area (TPSA) is 102 Å². The normalized spacial score (nSPS) is 13.2. The van der Waals surface area contributed by atoms with Gasteiger partial charge < -0.3 is 19.1 Å². The van der Waals surface area contributed by atoms with E-state index in [1.807, 2.05) is 6.92 Å². The van der Waals surface area contributed by atoms with Gasteiger partial charge in [0.2, 0.25) is 6.79 Å². The number of amides is 1. The monoisotopic (exact) mass is 381 g/mol. The number of aromatic amines is 1. The lowest BCUT2D eigenvalue weighted by Crippen LogP contribution is -2.30. The number of rotatable bonds is 6. The Morgan fingerprint density at radius 3 is 2.96 bits per heavy atom. The van der Waals surface area contributed by atoms with Gasteiger partial charge in [-0.3, -0.25) is 9.89 Å². The quantitative estimate of drug-likeness (QED) is 0.699. The summed E-state index contributed by atoms with van der Waals surface area (Å²) in [5, 5.41) is 6.95. The van der Waals surface area contributed by atoms with E-state index in [-0.39, 0.29) is 25.3 Å². The van der Waals surface area contributed by atoms with Crippen LogP contribution in [0.1, 0.15) is 34.8 Å². The van der Waals surface area contributed by atoms with Gasteiger partial charge in [-0.05, 0) is 31.2 Å². The molecule has 0 aliphatic carbocycles. The molecular weight excluding hydrogens is 362 g/mol. The Balaban J connectivity index is 1.39. The lowest BCUT2D eigenvalue weighted by molar-refractivity contribution is 0.0733. The largest absolute Gasteiger partial charge is 0.487 e.